The fourth-order valence-corrected chi connectivity index (χ4v) is 1.83. The van der Waals surface area contributed by atoms with Crippen LogP contribution >= 0.6 is 0 Å². The van der Waals surface area contributed by atoms with E-state index < -0.39 is 12.1 Å². The highest BCUT2D eigenvalue weighted by Gasteiger charge is 2.34. The van der Waals surface area contributed by atoms with Crippen LogP contribution in [0.25, 0.3) is 0 Å². The van der Waals surface area contributed by atoms with Crippen molar-refractivity contribution in [2.45, 2.75) is 65.1 Å². The van der Waals surface area contributed by atoms with Crippen LogP contribution in [0.4, 0.5) is 0 Å². The van der Waals surface area contributed by atoms with Crippen LogP contribution < -0.4 is 10.6 Å². The summed E-state index contributed by atoms with van der Waals surface area (Å²) in [5, 5.41) is 15.2. The molecular weight excluding hydrogens is 244 g/mol. The molecular formula is C14H26N2O3. The fraction of sp³-hybridized carbons (Fsp3) is 0.857. The summed E-state index contributed by atoms with van der Waals surface area (Å²) in [6, 6.07) is -0.837. The Labute approximate surface area is 115 Å². The zero-order chi connectivity index (χ0) is 14.6. The predicted molar refractivity (Wildman–Crippen MR) is 73.4 cm³/mol. The Bertz CT molecular complexity index is 327. The minimum absolute atomic E-state index is 0.0246. The second-order valence-electron chi connectivity index (χ2n) is 5.68. The van der Waals surface area contributed by atoms with Crippen LogP contribution in [0, 0.1) is 11.8 Å². The van der Waals surface area contributed by atoms with Gasteiger partial charge in [0.1, 0.15) is 6.04 Å². The van der Waals surface area contributed by atoms with E-state index in [0.29, 0.717) is 5.92 Å². The lowest BCUT2D eigenvalue weighted by Gasteiger charge is -2.25. The number of aliphatic hydroxyl groups is 1. The quantitative estimate of drug-likeness (QED) is 0.640. The minimum atomic E-state index is -0.896. The Morgan fingerprint density at radius 1 is 1.21 bits per heavy atom. The van der Waals surface area contributed by atoms with Gasteiger partial charge in [-0.05, 0) is 32.6 Å². The second-order valence-corrected chi connectivity index (χ2v) is 5.68. The van der Waals surface area contributed by atoms with Crippen LogP contribution in [0.3, 0.4) is 0 Å². The van der Waals surface area contributed by atoms with Crippen molar-refractivity contribution in [2.24, 2.45) is 11.8 Å². The molecule has 0 bridgehead atoms. The molecule has 19 heavy (non-hydrogen) atoms. The molecule has 1 aliphatic rings. The molecule has 0 spiro atoms. The summed E-state index contributed by atoms with van der Waals surface area (Å²) in [5.74, 6) is -0.0483. The summed E-state index contributed by atoms with van der Waals surface area (Å²) in [6.07, 6.45) is 1.83. The third-order valence-electron chi connectivity index (χ3n) is 3.88. The van der Waals surface area contributed by atoms with E-state index in [2.05, 4.69) is 24.5 Å². The molecule has 5 heteroatoms. The minimum Gasteiger partial charge on any atom is -0.391 e. The number of hydrogen-bond donors (Lipinski definition) is 3. The molecule has 1 aliphatic carbocycles. The predicted octanol–water partition coefficient (Wildman–Crippen LogP) is 0.813. The molecule has 0 aliphatic heterocycles. The third kappa shape index (κ3) is 4.82. The molecule has 0 aromatic rings. The maximum absolute atomic E-state index is 12.1. The maximum atomic E-state index is 12.1. The van der Waals surface area contributed by atoms with Crippen molar-refractivity contribution in [3.8, 4) is 0 Å². The van der Waals surface area contributed by atoms with Gasteiger partial charge in [0.25, 0.3) is 0 Å². The number of carbonyl (C=O) groups is 2. The van der Waals surface area contributed by atoms with Crippen molar-refractivity contribution in [1.82, 2.24) is 10.6 Å². The zero-order valence-corrected chi connectivity index (χ0v) is 12.3. The molecule has 0 saturated heterocycles. The molecule has 4 unspecified atom stereocenters. The molecule has 0 heterocycles. The Balaban J connectivity index is 2.54. The molecule has 0 aromatic carbocycles. The highest BCUT2D eigenvalue weighted by molar-refractivity contribution is 5.89. The van der Waals surface area contributed by atoms with Gasteiger partial charge in [-0.1, -0.05) is 20.3 Å². The van der Waals surface area contributed by atoms with Crippen molar-refractivity contribution in [3.63, 3.8) is 0 Å². The van der Waals surface area contributed by atoms with Crippen molar-refractivity contribution < 1.29 is 14.7 Å². The standard InChI is InChI=1S/C14H26N2O3/c1-5-8(2)9(3)15-14(19)12(10(4)17)16-13(18)11-6-7-11/h8-12,17H,5-7H2,1-4H3,(H,15,19)(H,16,18). The molecule has 2 amide bonds. The lowest BCUT2D eigenvalue weighted by molar-refractivity contribution is -0.132. The Hall–Kier alpha value is -1.10. The molecule has 0 radical (unpaired) electrons. The molecule has 1 rings (SSSR count). The van der Waals surface area contributed by atoms with E-state index in [1.807, 2.05) is 6.92 Å². The van der Waals surface area contributed by atoms with Crippen LogP contribution in [-0.2, 0) is 9.59 Å². The van der Waals surface area contributed by atoms with E-state index in [-0.39, 0.29) is 23.8 Å². The molecule has 110 valence electrons. The van der Waals surface area contributed by atoms with Crippen molar-refractivity contribution >= 4 is 11.8 Å². The van der Waals surface area contributed by atoms with Gasteiger partial charge in [-0.3, -0.25) is 9.59 Å². The first kappa shape index (κ1) is 16.0. The smallest absolute Gasteiger partial charge is 0.245 e. The van der Waals surface area contributed by atoms with Gasteiger partial charge in [-0.2, -0.15) is 0 Å². The summed E-state index contributed by atoms with van der Waals surface area (Å²) < 4.78 is 0. The number of hydrogen-bond acceptors (Lipinski definition) is 3. The maximum Gasteiger partial charge on any atom is 0.245 e. The first-order valence-corrected chi connectivity index (χ1v) is 7.15. The summed E-state index contributed by atoms with van der Waals surface area (Å²) >= 11 is 0. The molecule has 0 aromatic heterocycles. The Morgan fingerprint density at radius 2 is 1.79 bits per heavy atom. The molecule has 1 saturated carbocycles. The number of carbonyl (C=O) groups excluding carboxylic acids is 2. The van der Waals surface area contributed by atoms with Crippen molar-refractivity contribution in [3.05, 3.63) is 0 Å². The summed E-state index contributed by atoms with van der Waals surface area (Å²) in [5.41, 5.74) is 0. The molecule has 4 atom stereocenters. The van der Waals surface area contributed by atoms with Gasteiger partial charge >= 0.3 is 0 Å². The average Bonchev–Trinajstić information content (AvgIpc) is 3.17. The highest BCUT2D eigenvalue weighted by atomic mass is 16.3. The summed E-state index contributed by atoms with van der Waals surface area (Å²) in [7, 11) is 0. The first-order valence-electron chi connectivity index (χ1n) is 7.15. The van der Waals surface area contributed by atoms with Gasteiger partial charge in [-0.25, -0.2) is 0 Å². The van der Waals surface area contributed by atoms with Crippen LogP contribution in [-0.4, -0.2) is 35.1 Å². The SMILES string of the molecule is CCC(C)C(C)NC(=O)C(NC(=O)C1CC1)C(C)O. The number of aliphatic hydroxyl groups excluding tert-OH is 1. The number of nitrogens with one attached hydrogen (secondary N) is 2. The lowest BCUT2D eigenvalue weighted by Crippen LogP contribution is -2.55. The zero-order valence-electron chi connectivity index (χ0n) is 12.3. The van der Waals surface area contributed by atoms with Gasteiger partial charge in [0.2, 0.25) is 11.8 Å². The Kier molecular flexibility index (Phi) is 5.79. The molecule has 3 N–H and O–H groups in total. The van der Waals surface area contributed by atoms with Crippen LogP contribution in [0.1, 0.15) is 47.0 Å². The van der Waals surface area contributed by atoms with E-state index in [0.717, 1.165) is 19.3 Å². The largest absolute Gasteiger partial charge is 0.391 e. The topological polar surface area (TPSA) is 78.4 Å². The fourth-order valence-electron chi connectivity index (χ4n) is 1.83. The van der Waals surface area contributed by atoms with Gasteiger partial charge in [0, 0.05) is 12.0 Å². The molecule has 1 fully saturated rings. The van der Waals surface area contributed by atoms with Crippen LogP contribution in [0.15, 0.2) is 0 Å². The number of amides is 2. The van der Waals surface area contributed by atoms with E-state index in [1.165, 1.54) is 6.92 Å². The normalized spacial score (nSPS) is 21.1. The van der Waals surface area contributed by atoms with Crippen molar-refractivity contribution in [1.29, 1.82) is 0 Å². The van der Waals surface area contributed by atoms with Crippen LogP contribution in [0.2, 0.25) is 0 Å². The van der Waals surface area contributed by atoms with Gasteiger partial charge in [-0.15, -0.1) is 0 Å². The Morgan fingerprint density at radius 3 is 2.21 bits per heavy atom. The molecule has 5 nitrogen and oxygen atoms in total. The van der Waals surface area contributed by atoms with Crippen LogP contribution in [0.5, 0.6) is 0 Å². The van der Waals surface area contributed by atoms with Crippen molar-refractivity contribution in [2.75, 3.05) is 0 Å². The lowest BCUT2D eigenvalue weighted by atomic mass is 10.00. The summed E-state index contributed by atoms with van der Waals surface area (Å²) in [6.45, 7) is 7.58. The second kappa shape index (κ2) is 6.89. The average molecular weight is 270 g/mol. The number of rotatable bonds is 7. The monoisotopic (exact) mass is 270 g/mol. The van der Waals surface area contributed by atoms with Gasteiger partial charge in [0.05, 0.1) is 6.10 Å². The van der Waals surface area contributed by atoms with E-state index in [1.54, 1.807) is 0 Å². The van der Waals surface area contributed by atoms with E-state index in [4.69, 9.17) is 0 Å². The van der Waals surface area contributed by atoms with Gasteiger partial charge < -0.3 is 15.7 Å². The van der Waals surface area contributed by atoms with Gasteiger partial charge in [0.15, 0.2) is 0 Å². The van der Waals surface area contributed by atoms with E-state index >= 15 is 0 Å². The van der Waals surface area contributed by atoms with E-state index in [9.17, 15) is 14.7 Å². The third-order valence-corrected chi connectivity index (χ3v) is 3.88. The summed E-state index contributed by atoms with van der Waals surface area (Å²) in [4.78, 5) is 23.8. The highest BCUT2D eigenvalue weighted by Crippen LogP contribution is 2.29. The first-order chi connectivity index (χ1) is 8.86.